The third-order valence-corrected chi connectivity index (χ3v) is 2.41. The van der Waals surface area contributed by atoms with Crippen molar-refractivity contribution < 1.29 is 14.3 Å². The highest BCUT2D eigenvalue weighted by molar-refractivity contribution is 7.81. The predicted octanol–water partition coefficient (Wildman–Crippen LogP) is 1.99. The normalized spacial score (nSPS) is 9.69. The molecule has 16 heavy (non-hydrogen) atoms. The van der Waals surface area contributed by atoms with Gasteiger partial charge in [-0.05, 0) is 18.2 Å². The average molecular weight is 260 g/mol. The van der Waals surface area contributed by atoms with Crippen LogP contribution in [0, 0.1) is 0 Å². The first-order valence-corrected chi connectivity index (χ1v) is 5.38. The predicted molar refractivity (Wildman–Crippen MR) is 65.3 cm³/mol. The van der Waals surface area contributed by atoms with Gasteiger partial charge in [-0.3, -0.25) is 4.79 Å². The molecule has 0 saturated heterocycles. The van der Waals surface area contributed by atoms with E-state index in [9.17, 15) is 9.59 Å². The Labute approximate surface area is 103 Å². The van der Waals surface area contributed by atoms with Gasteiger partial charge in [0.05, 0.1) is 29.1 Å². The van der Waals surface area contributed by atoms with Crippen molar-refractivity contribution in [1.82, 2.24) is 0 Å². The zero-order valence-corrected chi connectivity index (χ0v) is 10.1. The Morgan fingerprint density at radius 3 is 2.69 bits per heavy atom. The van der Waals surface area contributed by atoms with Gasteiger partial charge in [0.2, 0.25) is 5.91 Å². The minimum absolute atomic E-state index is 0.0646. The van der Waals surface area contributed by atoms with E-state index in [1.807, 2.05) is 0 Å². The maximum absolute atomic E-state index is 11.2. The molecule has 1 aromatic carbocycles. The van der Waals surface area contributed by atoms with Gasteiger partial charge in [-0.15, -0.1) is 0 Å². The number of hydrogen-bond acceptors (Lipinski definition) is 4. The summed E-state index contributed by atoms with van der Waals surface area (Å²) in [5.74, 6) is -0.681. The molecule has 0 bridgehead atoms. The molecule has 86 valence electrons. The van der Waals surface area contributed by atoms with Crippen molar-refractivity contribution in [3.05, 3.63) is 28.8 Å². The molecular formula is C10H10ClNO3S. The van der Waals surface area contributed by atoms with Crippen LogP contribution in [0.25, 0.3) is 0 Å². The average Bonchev–Trinajstić information content (AvgIpc) is 2.30. The largest absolute Gasteiger partial charge is 0.465 e. The second-order valence-electron chi connectivity index (χ2n) is 2.89. The van der Waals surface area contributed by atoms with E-state index in [1.54, 1.807) is 0 Å². The van der Waals surface area contributed by atoms with E-state index in [0.717, 1.165) is 0 Å². The van der Waals surface area contributed by atoms with E-state index in [2.05, 4.69) is 22.7 Å². The molecule has 1 N–H and O–H groups in total. The lowest BCUT2D eigenvalue weighted by molar-refractivity contribution is -0.113. The van der Waals surface area contributed by atoms with Crippen molar-refractivity contribution in [1.29, 1.82) is 0 Å². The zero-order chi connectivity index (χ0) is 12.1. The van der Waals surface area contributed by atoms with E-state index < -0.39 is 5.97 Å². The van der Waals surface area contributed by atoms with E-state index in [-0.39, 0.29) is 16.7 Å². The summed E-state index contributed by atoms with van der Waals surface area (Å²) < 4.78 is 4.54. The monoisotopic (exact) mass is 259 g/mol. The molecule has 0 fully saturated rings. The molecule has 0 heterocycles. The van der Waals surface area contributed by atoms with Crippen LogP contribution >= 0.6 is 24.2 Å². The maximum Gasteiger partial charge on any atom is 0.337 e. The molecule has 0 unspecified atom stereocenters. The smallest absolute Gasteiger partial charge is 0.337 e. The molecule has 1 aromatic rings. The van der Waals surface area contributed by atoms with Crippen LogP contribution in [0.3, 0.4) is 0 Å². The molecular weight excluding hydrogens is 250 g/mol. The minimum Gasteiger partial charge on any atom is -0.465 e. The van der Waals surface area contributed by atoms with Crippen LogP contribution in [-0.4, -0.2) is 24.7 Å². The second-order valence-corrected chi connectivity index (χ2v) is 3.62. The van der Waals surface area contributed by atoms with E-state index >= 15 is 0 Å². The summed E-state index contributed by atoms with van der Waals surface area (Å²) in [6, 6.07) is 4.49. The fourth-order valence-electron chi connectivity index (χ4n) is 1.05. The van der Waals surface area contributed by atoms with E-state index in [0.29, 0.717) is 11.3 Å². The van der Waals surface area contributed by atoms with Crippen LogP contribution < -0.4 is 5.32 Å². The summed E-state index contributed by atoms with van der Waals surface area (Å²) in [7, 11) is 1.28. The van der Waals surface area contributed by atoms with Crippen molar-refractivity contribution in [3.8, 4) is 0 Å². The Morgan fingerprint density at radius 2 is 2.19 bits per heavy atom. The molecule has 4 nitrogen and oxygen atoms in total. The second kappa shape index (κ2) is 5.77. The zero-order valence-electron chi connectivity index (χ0n) is 8.49. The van der Waals surface area contributed by atoms with Gasteiger partial charge in [0.15, 0.2) is 0 Å². The molecule has 0 spiro atoms. The third-order valence-electron chi connectivity index (χ3n) is 1.81. The van der Waals surface area contributed by atoms with E-state index in [4.69, 9.17) is 11.6 Å². The minimum atomic E-state index is -0.478. The highest BCUT2D eigenvalue weighted by Gasteiger charge is 2.09. The molecule has 1 rings (SSSR count). The number of rotatable bonds is 3. The molecule has 0 atom stereocenters. The van der Waals surface area contributed by atoms with Gasteiger partial charge < -0.3 is 10.1 Å². The summed E-state index contributed by atoms with van der Waals surface area (Å²) in [5, 5.41) is 2.82. The Balaban J connectivity index is 2.91. The number of amides is 1. The van der Waals surface area contributed by atoms with Gasteiger partial charge in [-0.2, -0.15) is 12.6 Å². The van der Waals surface area contributed by atoms with Gasteiger partial charge in [0, 0.05) is 0 Å². The van der Waals surface area contributed by atoms with Crippen LogP contribution in [0.2, 0.25) is 5.02 Å². The molecule has 0 aliphatic rings. The summed E-state index contributed by atoms with van der Waals surface area (Å²) >= 11 is 9.70. The lowest BCUT2D eigenvalue weighted by atomic mass is 10.2. The van der Waals surface area contributed by atoms with Crippen molar-refractivity contribution in [2.45, 2.75) is 0 Å². The molecule has 0 aromatic heterocycles. The molecule has 0 aliphatic carbocycles. The summed E-state index contributed by atoms with van der Waals surface area (Å²) in [6.45, 7) is 0. The van der Waals surface area contributed by atoms with Gasteiger partial charge >= 0.3 is 5.97 Å². The molecule has 0 radical (unpaired) electrons. The number of methoxy groups -OCH3 is 1. The van der Waals surface area contributed by atoms with Gasteiger partial charge in [0.25, 0.3) is 0 Å². The lowest BCUT2D eigenvalue weighted by Gasteiger charge is -2.07. The van der Waals surface area contributed by atoms with Crippen molar-refractivity contribution >= 4 is 41.8 Å². The number of thiol groups is 1. The Hall–Kier alpha value is -1.20. The van der Waals surface area contributed by atoms with Gasteiger partial charge in [-0.1, -0.05) is 11.6 Å². The highest BCUT2D eigenvalue weighted by Crippen LogP contribution is 2.23. The number of halogens is 1. The van der Waals surface area contributed by atoms with Gasteiger partial charge in [0.1, 0.15) is 0 Å². The van der Waals surface area contributed by atoms with E-state index in [1.165, 1.54) is 25.3 Å². The molecule has 0 saturated carbocycles. The van der Waals surface area contributed by atoms with Crippen molar-refractivity contribution in [3.63, 3.8) is 0 Å². The first-order valence-electron chi connectivity index (χ1n) is 4.37. The van der Waals surface area contributed by atoms with Crippen LogP contribution in [-0.2, 0) is 9.53 Å². The lowest BCUT2D eigenvalue weighted by Crippen LogP contribution is -2.13. The van der Waals surface area contributed by atoms with Gasteiger partial charge in [-0.25, -0.2) is 4.79 Å². The van der Waals surface area contributed by atoms with Crippen LogP contribution in [0.15, 0.2) is 18.2 Å². The van der Waals surface area contributed by atoms with Crippen LogP contribution in [0.4, 0.5) is 5.69 Å². The van der Waals surface area contributed by atoms with Crippen LogP contribution in [0.5, 0.6) is 0 Å². The SMILES string of the molecule is COC(=O)c1ccc(NC(=O)CS)c(Cl)c1. The summed E-state index contributed by atoms with van der Waals surface area (Å²) in [4.78, 5) is 22.2. The number of esters is 1. The fourth-order valence-corrected chi connectivity index (χ4v) is 1.36. The Kier molecular flexibility index (Phi) is 4.64. The first kappa shape index (κ1) is 12.9. The van der Waals surface area contributed by atoms with Crippen molar-refractivity contribution in [2.24, 2.45) is 0 Å². The Morgan fingerprint density at radius 1 is 1.50 bits per heavy atom. The highest BCUT2D eigenvalue weighted by atomic mass is 35.5. The topological polar surface area (TPSA) is 55.4 Å². The third kappa shape index (κ3) is 3.15. The number of anilines is 1. The first-order chi connectivity index (χ1) is 7.58. The maximum atomic E-state index is 11.2. The number of ether oxygens (including phenoxy) is 1. The summed E-state index contributed by atoms with van der Waals surface area (Å²) in [6.07, 6.45) is 0. The number of carbonyl (C=O) groups is 2. The standard InChI is InChI=1S/C10H10ClNO3S/c1-15-10(14)6-2-3-8(7(11)4-6)12-9(13)5-16/h2-4,16H,5H2,1H3,(H,12,13). The Bertz CT molecular complexity index is 423. The molecule has 0 aliphatic heterocycles. The molecule has 6 heteroatoms. The number of carbonyl (C=O) groups excluding carboxylic acids is 2. The quantitative estimate of drug-likeness (QED) is 0.645. The van der Waals surface area contributed by atoms with Crippen LogP contribution in [0.1, 0.15) is 10.4 Å². The summed E-state index contributed by atoms with van der Waals surface area (Å²) in [5.41, 5.74) is 0.768. The fraction of sp³-hybridized carbons (Fsp3) is 0.200. The van der Waals surface area contributed by atoms with Crippen molar-refractivity contribution in [2.75, 3.05) is 18.2 Å². The number of hydrogen-bond donors (Lipinski definition) is 2. The molecule has 1 amide bonds. The number of nitrogens with one attached hydrogen (secondary N) is 1. The number of benzene rings is 1.